The maximum Gasteiger partial charge on any atom is 0.311 e. The number of hydrogen-bond donors (Lipinski definition) is 3. The summed E-state index contributed by atoms with van der Waals surface area (Å²) in [5, 5.41) is 17.7. The van der Waals surface area contributed by atoms with Crippen molar-refractivity contribution in [2.24, 2.45) is 5.41 Å². The Morgan fingerprint density at radius 1 is 1.37 bits per heavy atom. The molecule has 0 amide bonds. The molecule has 0 radical (unpaired) electrons. The normalized spacial score (nSPS) is 20.1. The first-order chi connectivity index (χ1) is 13.0. The van der Waals surface area contributed by atoms with Crippen molar-refractivity contribution in [2.75, 3.05) is 23.7 Å². The molecule has 0 unspecified atom stereocenters. The number of carboxylic acid groups (broad SMARTS) is 1. The van der Waals surface area contributed by atoms with E-state index in [2.05, 4.69) is 20.2 Å². The van der Waals surface area contributed by atoms with Crippen molar-refractivity contribution in [1.82, 2.24) is 20.2 Å². The van der Waals surface area contributed by atoms with Crippen LogP contribution >= 0.6 is 0 Å². The summed E-state index contributed by atoms with van der Waals surface area (Å²) < 4.78 is 0. The second-order valence-electron chi connectivity index (χ2n) is 7.25. The van der Waals surface area contributed by atoms with Gasteiger partial charge in [0.05, 0.1) is 17.0 Å². The molecule has 8 heteroatoms. The molecule has 27 heavy (non-hydrogen) atoms. The zero-order valence-electron chi connectivity index (χ0n) is 15.1. The molecule has 3 aromatic rings. The Hall–Kier alpha value is -3.16. The third-order valence-electron chi connectivity index (χ3n) is 5.43. The van der Waals surface area contributed by atoms with Crippen LogP contribution in [0.1, 0.15) is 24.0 Å². The quantitative estimate of drug-likeness (QED) is 0.647. The Balaban J connectivity index is 1.72. The van der Waals surface area contributed by atoms with Gasteiger partial charge in [-0.3, -0.25) is 9.89 Å². The maximum absolute atomic E-state index is 12.3. The van der Waals surface area contributed by atoms with E-state index in [0.717, 1.165) is 29.5 Å². The molecule has 0 bridgehead atoms. The number of piperidine rings is 1. The van der Waals surface area contributed by atoms with Crippen molar-refractivity contribution in [3.05, 3.63) is 41.6 Å². The lowest BCUT2D eigenvalue weighted by molar-refractivity contribution is -0.149. The number of benzene rings is 1. The molecule has 1 atom stereocenters. The van der Waals surface area contributed by atoms with E-state index in [-0.39, 0.29) is 5.95 Å². The molecule has 0 saturated carbocycles. The van der Waals surface area contributed by atoms with E-state index in [4.69, 9.17) is 5.73 Å². The van der Waals surface area contributed by atoms with Crippen LogP contribution in [0.2, 0.25) is 0 Å². The topological polar surface area (TPSA) is 121 Å². The van der Waals surface area contributed by atoms with Crippen molar-refractivity contribution in [3.8, 4) is 0 Å². The number of nitrogens with one attached hydrogen (secondary N) is 1. The highest BCUT2D eigenvalue weighted by Gasteiger charge is 2.43. The van der Waals surface area contributed by atoms with Crippen LogP contribution in [0.15, 0.2) is 30.5 Å². The highest BCUT2D eigenvalue weighted by molar-refractivity contribution is 5.88. The number of carbonyl (C=O) groups is 1. The fourth-order valence-corrected chi connectivity index (χ4v) is 3.96. The third-order valence-corrected chi connectivity index (χ3v) is 5.43. The van der Waals surface area contributed by atoms with Crippen molar-refractivity contribution in [1.29, 1.82) is 0 Å². The Morgan fingerprint density at radius 3 is 2.96 bits per heavy atom. The van der Waals surface area contributed by atoms with Crippen LogP contribution < -0.4 is 10.6 Å². The molecule has 4 rings (SSSR count). The number of aryl methyl sites for hydroxylation is 1. The lowest BCUT2D eigenvalue weighted by Crippen LogP contribution is -2.49. The second-order valence-corrected chi connectivity index (χ2v) is 7.25. The van der Waals surface area contributed by atoms with Crippen molar-refractivity contribution in [3.63, 3.8) is 0 Å². The average Bonchev–Trinajstić information content (AvgIpc) is 3.11. The molecule has 3 heterocycles. The van der Waals surface area contributed by atoms with Crippen LogP contribution in [0.4, 0.5) is 11.8 Å². The van der Waals surface area contributed by atoms with Crippen LogP contribution in [-0.2, 0) is 11.2 Å². The Kier molecular flexibility index (Phi) is 4.18. The highest BCUT2D eigenvalue weighted by Crippen LogP contribution is 2.37. The molecule has 0 spiro atoms. The molecular weight excluding hydrogens is 344 g/mol. The number of nitrogen functional groups attached to an aromatic ring is 1. The van der Waals surface area contributed by atoms with E-state index in [1.165, 1.54) is 0 Å². The minimum Gasteiger partial charge on any atom is -0.481 e. The van der Waals surface area contributed by atoms with Crippen LogP contribution in [0.5, 0.6) is 0 Å². The molecule has 0 aliphatic carbocycles. The van der Waals surface area contributed by atoms with E-state index >= 15 is 0 Å². The van der Waals surface area contributed by atoms with E-state index < -0.39 is 11.4 Å². The predicted molar refractivity (Wildman–Crippen MR) is 102 cm³/mol. The van der Waals surface area contributed by atoms with Gasteiger partial charge in [0, 0.05) is 13.1 Å². The number of anilines is 2. The monoisotopic (exact) mass is 366 g/mol. The molecule has 1 aromatic carbocycles. The SMILES string of the molecule is Cc1ccccc1C[C@@]1(C(=O)O)CCCN(c2nc(N)nc3[nH]ncc23)C1. The van der Waals surface area contributed by atoms with Gasteiger partial charge in [-0.05, 0) is 37.3 Å². The second kappa shape index (κ2) is 6.53. The molecule has 1 aliphatic rings. The van der Waals surface area contributed by atoms with E-state index in [9.17, 15) is 9.90 Å². The lowest BCUT2D eigenvalue weighted by atomic mass is 9.74. The number of fused-ring (bicyclic) bond motifs is 1. The molecular formula is C19H22N6O2. The summed E-state index contributed by atoms with van der Waals surface area (Å²) in [4.78, 5) is 22.9. The van der Waals surface area contributed by atoms with Crippen molar-refractivity contribution in [2.45, 2.75) is 26.2 Å². The van der Waals surface area contributed by atoms with Gasteiger partial charge < -0.3 is 15.7 Å². The molecule has 4 N–H and O–H groups in total. The number of aromatic amines is 1. The molecule has 2 aromatic heterocycles. The van der Waals surface area contributed by atoms with Gasteiger partial charge in [0.25, 0.3) is 0 Å². The Labute approximate surface area is 156 Å². The number of hydrogen-bond acceptors (Lipinski definition) is 6. The van der Waals surface area contributed by atoms with E-state index in [1.807, 2.05) is 36.1 Å². The average molecular weight is 366 g/mol. The van der Waals surface area contributed by atoms with Crippen LogP contribution in [-0.4, -0.2) is 44.3 Å². The number of carboxylic acids is 1. The molecule has 1 aliphatic heterocycles. The molecule has 140 valence electrons. The number of rotatable bonds is 4. The van der Waals surface area contributed by atoms with Crippen molar-refractivity contribution < 1.29 is 9.90 Å². The van der Waals surface area contributed by atoms with E-state index in [0.29, 0.717) is 30.9 Å². The number of aliphatic carboxylic acids is 1. The summed E-state index contributed by atoms with van der Waals surface area (Å²) >= 11 is 0. The fourth-order valence-electron chi connectivity index (χ4n) is 3.96. The van der Waals surface area contributed by atoms with Gasteiger partial charge in [-0.1, -0.05) is 24.3 Å². The number of aromatic nitrogens is 4. The molecule has 1 fully saturated rings. The summed E-state index contributed by atoms with van der Waals surface area (Å²) in [6.07, 6.45) is 3.53. The molecule has 8 nitrogen and oxygen atoms in total. The summed E-state index contributed by atoms with van der Waals surface area (Å²) in [7, 11) is 0. The maximum atomic E-state index is 12.3. The first-order valence-electron chi connectivity index (χ1n) is 8.98. The van der Waals surface area contributed by atoms with Crippen LogP contribution in [0.25, 0.3) is 11.0 Å². The van der Waals surface area contributed by atoms with Gasteiger partial charge >= 0.3 is 5.97 Å². The summed E-state index contributed by atoms with van der Waals surface area (Å²) in [6.45, 7) is 3.11. The van der Waals surface area contributed by atoms with Gasteiger partial charge in [-0.15, -0.1) is 0 Å². The minimum absolute atomic E-state index is 0.146. The van der Waals surface area contributed by atoms with Crippen LogP contribution in [0, 0.1) is 12.3 Å². The molecule has 1 saturated heterocycles. The third kappa shape index (κ3) is 3.07. The smallest absolute Gasteiger partial charge is 0.311 e. The number of nitrogens with zero attached hydrogens (tertiary/aromatic N) is 4. The van der Waals surface area contributed by atoms with E-state index in [1.54, 1.807) is 6.20 Å². The van der Waals surface area contributed by atoms with Gasteiger partial charge in [-0.2, -0.15) is 15.1 Å². The van der Waals surface area contributed by atoms with Crippen LogP contribution in [0.3, 0.4) is 0 Å². The summed E-state index contributed by atoms with van der Waals surface area (Å²) in [6, 6.07) is 7.96. The first kappa shape index (κ1) is 17.3. The van der Waals surface area contributed by atoms with Gasteiger partial charge in [-0.25, -0.2) is 0 Å². The van der Waals surface area contributed by atoms with Gasteiger partial charge in [0.1, 0.15) is 5.82 Å². The summed E-state index contributed by atoms with van der Waals surface area (Å²) in [5.74, 6) is 0.00873. The fraction of sp³-hybridized carbons (Fsp3) is 0.368. The number of nitrogens with two attached hydrogens (primary N) is 1. The standard InChI is InChI=1S/C19H22N6O2/c1-12-5-2-3-6-13(12)9-19(17(26)27)7-4-8-25(11-19)16-14-10-21-24-15(14)22-18(20)23-16/h2-3,5-6,10H,4,7-9,11H2,1H3,(H,26,27)(H3,20,21,22,23,24)/t19-/m0/s1. The predicted octanol–water partition coefficient (Wildman–Crippen LogP) is 2.16. The minimum atomic E-state index is -0.875. The summed E-state index contributed by atoms with van der Waals surface area (Å²) in [5.41, 5.74) is 7.71. The zero-order valence-corrected chi connectivity index (χ0v) is 15.1. The number of H-pyrrole nitrogens is 1. The lowest BCUT2D eigenvalue weighted by Gasteiger charge is -2.41. The highest BCUT2D eigenvalue weighted by atomic mass is 16.4. The largest absolute Gasteiger partial charge is 0.481 e. The van der Waals surface area contributed by atoms with Gasteiger partial charge in [0.15, 0.2) is 5.65 Å². The van der Waals surface area contributed by atoms with Crippen molar-refractivity contribution >= 4 is 28.8 Å². The first-order valence-corrected chi connectivity index (χ1v) is 8.98. The Bertz CT molecular complexity index is 1000. The zero-order chi connectivity index (χ0) is 19.0. The van der Waals surface area contributed by atoms with Gasteiger partial charge in [0.2, 0.25) is 5.95 Å². The Morgan fingerprint density at radius 2 is 2.19 bits per heavy atom.